The average molecular weight is 318 g/mol. The van der Waals surface area contributed by atoms with Crippen LogP contribution in [0.25, 0.3) is 0 Å². The predicted molar refractivity (Wildman–Crippen MR) is 83.1 cm³/mol. The molecule has 1 aromatic carbocycles. The zero-order valence-corrected chi connectivity index (χ0v) is 12.5. The lowest BCUT2D eigenvalue weighted by Gasteiger charge is -2.18. The molecule has 3 rings (SSSR count). The van der Waals surface area contributed by atoms with E-state index in [1.165, 1.54) is 6.07 Å². The number of carbonyl (C=O) groups excluding carboxylic acids is 2. The number of nitrogens with zero attached hydrogens (tertiary/aromatic N) is 2. The van der Waals surface area contributed by atoms with Crippen molar-refractivity contribution in [2.75, 3.05) is 18.0 Å². The van der Waals surface area contributed by atoms with Crippen molar-refractivity contribution in [2.45, 2.75) is 25.3 Å². The fourth-order valence-electron chi connectivity index (χ4n) is 2.79. The minimum absolute atomic E-state index is 0.126. The van der Waals surface area contributed by atoms with E-state index in [0.717, 1.165) is 12.8 Å². The van der Waals surface area contributed by atoms with Gasteiger partial charge in [-0.2, -0.15) is 0 Å². The van der Waals surface area contributed by atoms with Gasteiger partial charge in [0.25, 0.3) is 11.6 Å². The van der Waals surface area contributed by atoms with Crippen molar-refractivity contribution < 1.29 is 14.5 Å². The maximum atomic E-state index is 12.0. The number of nitrogens with one attached hydrogen (secondary N) is 1. The fourth-order valence-corrected chi connectivity index (χ4v) is 2.79. The quantitative estimate of drug-likeness (QED) is 0.615. The molecule has 2 fully saturated rings. The highest BCUT2D eigenvalue weighted by molar-refractivity contribution is 5.96. The molecule has 1 saturated heterocycles. The lowest BCUT2D eigenvalue weighted by molar-refractivity contribution is -0.384. The largest absolute Gasteiger partial charge is 0.369 e. The van der Waals surface area contributed by atoms with Crippen LogP contribution >= 0.6 is 0 Å². The summed E-state index contributed by atoms with van der Waals surface area (Å²) in [6.45, 7) is 0.895. The lowest BCUT2D eigenvalue weighted by Crippen LogP contribution is -2.28. The normalized spacial score (nSPS) is 20.3. The molecule has 2 aliphatic rings. The van der Waals surface area contributed by atoms with E-state index in [2.05, 4.69) is 5.32 Å². The molecule has 1 aliphatic heterocycles. The first-order chi connectivity index (χ1) is 11.0. The molecule has 1 saturated carbocycles. The van der Waals surface area contributed by atoms with Crippen molar-refractivity contribution >= 4 is 23.2 Å². The van der Waals surface area contributed by atoms with E-state index >= 15 is 0 Å². The van der Waals surface area contributed by atoms with Crippen molar-refractivity contribution in [2.24, 2.45) is 11.7 Å². The Morgan fingerprint density at radius 3 is 2.61 bits per heavy atom. The summed E-state index contributed by atoms with van der Waals surface area (Å²) in [5, 5.41) is 14.2. The maximum absolute atomic E-state index is 12.0. The molecule has 0 bridgehead atoms. The first-order valence-corrected chi connectivity index (χ1v) is 7.59. The number of hydrogen-bond donors (Lipinski definition) is 2. The summed E-state index contributed by atoms with van der Waals surface area (Å²) in [5.41, 5.74) is 5.87. The van der Waals surface area contributed by atoms with Crippen molar-refractivity contribution in [3.8, 4) is 0 Å². The first kappa shape index (κ1) is 15.3. The molecule has 1 aromatic rings. The first-order valence-electron chi connectivity index (χ1n) is 7.59. The number of primary amides is 1. The second-order valence-electron chi connectivity index (χ2n) is 6.04. The summed E-state index contributed by atoms with van der Waals surface area (Å²) < 4.78 is 0. The molecule has 0 aromatic heterocycles. The Kier molecular flexibility index (Phi) is 3.89. The third-order valence-corrected chi connectivity index (χ3v) is 4.28. The molecule has 0 spiro atoms. The van der Waals surface area contributed by atoms with Crippen LogP contribution in [0.2, 0.25) is 0 Å². The van der Waals surface area contributed by atoms with Crippen LogP contribution in [0.5, 0.6) is 0 Å². The highest BCUT2D eigenvalue weighted by Crippen LogP contribution is 2.33. The van der Waals surface area contributed by atoms with Gasteiger partial charge in [0.15, 0.2) is 0 Å². The summed E-state index contributed by atoms with van der Waals surface area (Å²) in [7, 11) is 0. The molecule has 0 unspecified atom stereocenters. The maximum Gasteiger partial charge on any atom is 0.293 e. The molecule has 2 amide bonds. The van der Waals surface area contributed by atoms with Crippen LogP contribution in [-0.2, 0) is 4.79 Å². The molecule has 8 nitrogen and oxygen atoms in total. The van der Waals surface area contributed by atoms with E-state index in [1.807, 2.05) is 0 Å². The van der Waals surface area contributed by atoms with Crippen LogP contribution < -0.4 is 16.0 Å². The lowest BCUT2D eigenvalue weighted by atomic mass is 10.1. The molecule has 1 atom stereocenters. The summed E-state index contributed by atoms with van der Waals surface area (Å²) in [6, 6.07) is 4.64. The molecular formula is C15H18N4O4. The predicted octanol–water partition coefficient (Wildman–Crippen LogP) is 0.799. The van der Waals surface area contributed by atoms with E-state index in [9.17, 15) is 19.7 Å². The highest BCUT2D eigenvalue weighted by atomic mass is 16.6. The standard InChI is InChI=1S/C15H18N4O4/c16-14(20)10-5-6-18(8-10)12-4-1-9(7-13(12)19(22)23)15(21)17-11-2-3-11/h1,4,7,10-11H,2-3,5-6,8H2,(H2,16,20)(H,17,21)/t10-/m1/s1. The van der Waals surface area contributed by atoms with Gasteiger partial charge in [0.1, 0.15) is 5.69 Å². The molecule has 122 valence electrons. The number of nitro benzene ring substituents is 1. The number of benzene rings is 1. The Morgan fingerprint density at radius 1 is 1.30 bits per heavy atom. The molecule has 1 heterocycles. The zero-order valence-electron chi connectivity index (χ0n) is 12.5. The van der Waals surface area contributed by atoms with E-state index in [1.54, 1.807) is 17.0 Å². The Hall–Kier alpha value is -2.64. The highest BCUT2D eigenvalue weighted by Gasteiger charge is 2.31. The van der Waals surface area contributed by atoms with Gasteiger partial charge in [-0.1, -0.05) is 0 Å². The molecule has 3 N–H and O–H groups in total. The van der Waals surface area contributed by atoms with E-state index in [4.69, 9.17) is 5.73 Å². The van der Waals surface area contributed by atoms with Crippen molar-refractivity contribution in [1.29, 1.82) is 0 Å². The summed E-state index contributed by atoms with van der Waals surface area (Å²) in [6.07, 6.45) is 2.48. The third kappa shape index (κ3) is 3.25. The van der Waals surface area contributed by atoms with Crippen molar-refractivity contribution in [3.05, 3.63) is 33.9 Å². The Labute approximate surface area is 132 Å². The van der Waals surface area contributed by atoms with Crippen molar-refractivity contribution in [1.82, 2.24) is 5.32 Å². The fraction of sp³-hybridized carbons (Fsp3) is 0.467. The minimum atomic E-state index is -0.499. The van der Waals surface area contributed by atoms with Gasteiger partial charge in [-0.15, -0.1) is 0 Å². The molecule has 8 heteroatoms. The van der Waals surface area contributed by atoms with Crippen molar-refractivity contribution in [3.63, 3.8) is 0 Å². The van der Waals surface area contributed by atoms with Crippen LogP contribution in [0.4, 0.5) is 11.4 Å². The van der Waals surface area contributed by atoms with E-state index < -0.39 is 10.8 Å². The van der Waals surface area contributed by atoms with Crippen LogP contribution in [0.15, 0.2) is 18.2 Å². The number of amides is 2. The summed E-state index contributed by atoms with van der Waals surface area (Å²) in [5.74, 6) is -0.985. The van der Waals surface area contributed by atoms with Gasteiger partial charge in [-0.05, 0) is 31.4 Å². The number of carbonyl (C=O) groups is 2. The smallest absolute Gasteiger partial charge is 0.293 e. The van der Waals surface area contributed by atoms with E-state index in [-0.39, 0.29) is 29.1 Å². The van der Waals surface area contributed by atoms with Gasteiger partial charge < -0.3 is 16.0 Å². The number of rotatable bonds is 5. The Balaban J connectivity index is 1.84. The van der Waals surface area contributed by atoms with Gasteiger partial charge in [0.05, 0.1) is 10.8 Å². The van der Waals surface area contributed by atoms with Gasteiger partial charge in [0.2, 0.25) is 5.91 Å². The second kappa shape index (κ2) is 5.86. The topological polar surface area (TPSA) is 119 Å². The number of nitro groups is 1. The second-order valence-corrected chi connectivity index (χ2v) is 6.04. The van der Waals surface area contributed by atoms with Gasteiger partial charge >= 0.3 is 0 Å². The molecule has 1 aliphatic carbocycles. The third-order valence-electron chi connectivity index (χ3n) is 4.28. The van der Waals surface area contributed by atoms with Crippen LogP contribution in [0.1, 0.15) is 29.6 Å². The zero-order chi connectivity index (χ0) is 16.6. The minimum Gasteiger partial charge on any atom is -0.369 e. The number of hydrogen-bond acceptors (Lipinski definition) is 5. The van der Waals surface area contributed by atoms with Crippen LogP contribution in [-0.4, -0.2) is 35.9 Å². The molecular weight excluding hydrogens is 300 g/mol. The van der Waals surface area contributed by atoms with Gasteiger partial charge in [0, 0.05) is 30.8 Å². The Bertz CT molecular complexity index is 671. The van der Waals surface area contributed by atoms with Gasteiger partial charge in [-0.25, -0.2) is 0 Å². The summed E-state index contributed by atoms with van der Waals surface area (Å²) in [4.78, 5) is 35.9. The number of anilines is 1. The molecule has 0 radical (unpaired) electrons. The van der Waals surface area contributed by atoms with E-state index in [0.29, 0.717) is 25.2 Å². The van der Waals surface area contributed by atoms with Crippen LogP contribution in [0, 0.1) is 16.0 Å². The Morgan fingerprint density at radius 2 is 2.04 bits per heavy atom. The molecule has 23 heavy (non-hydrogen) atoms. The average Bonchev–Trinajstić information content (AvgIpc) is 3.18. The monoisotopic (exact) mass is 318 g/mol. The van der Waals surface area contributed by atoms with Gasteiger partial charge in [-0.3, -0.25) is 19.7 Å². The SMILES string of the molecule is NC(=O)[C@@H]1CCN(c2ccc(C(=O)NC3CC3)cc2[N+](=O)[O-])C1. The van der Waals surface area contributed by atoms with Crippen LogP contribution in [0.3, 0.4) is 0 Å². The summed E-state index contributed by atoms with van der Waals surface area (Å²) >= 11 is 0. The number of nitrogens with two attached hydrogens (primary N) is 1.